The van der Waals surface area contributed by atoms with E-state index in [1.807, 2.05) is 0 Å². The van der Waals surface area contributed by atoms with Crippen LogP contribution in [0.5, 0.6) is 11.5 Å². The van der Waals surface area contributed by atoms with Crippen molar-refractivity contribution in [2.45, 2.75) is 24.7 Å². The number of nitrogens with two attached hydrogens (primary N) is 1. The molecule has 1 aromatic carbocycles. The second-order valence-electron chi connectivity index (χ2n) is 4.44. The van der Waals surface area contributed by atoms with E-state index < -0.39 is 11.2 Å². The molecule has 94 valence electrons. The van der Waals surface area contributed by atoms with Gasteiger partial charge < -0.3 is 15.6 Å². The third-order valence-electron chi connectivity index (χ3n) is 3.61. The Balaban J connectivity index is 2.63. The second kappa shape index (κ2) is 4.46. The summed E-state index contributed by atoms with van der Waals surface area (Å²) in [5.74, 6) is -0.292. The Morgan fingerprint density at radius 2 is 2.24 bits per heavy atom. The highest BCUT2D eigenvalue weighted by Gasteiger charge is 2.42. The second-order valence-corrected chi connectivity index (χ2v) is 5.29. The van der Waals surface area contributed by atoms with Gasteiger partial charge in [0.05, 0.1) is 11.6 Å². The van der Waals surface area contributed by atoms with E-state index in [9.17, 15) is 9.50 Å². The molecule has 1 aliphatic rings. The number of aromatic hydroxyl groups is 1. The topological polar surface area (TPSA) is 55.5 Å². The minimum absolute atomic E-state index is 0.127. The van der Waals surface area contributed by atoms with Crippen molar-refractivity contribution < 1.29 is 14.2 Å². The molecule has 0 amide bonds. The van der Waals surface area contributed by atoms with Gasteiger partial charge in [-0.3, -0.25) is 0 Å². The zero-order chi connectivity index (χ0) is 12.6. The van der Waals surface area contributed by atoms with E-state index in [0.29, 0.717) is 11.0 Å². The van der Waals surface area contributed by atoms with Crippen LogP contribution in [0.2, 0.25) is 0 Å². The predicted octanol–water partition coefficient (Wildman–Crippen LogP) is 2.68. The van der Waals surface area contributed by atoms with Gasteiger partial charge in [-0.15, -0.1) is 0 Å². The minimum atomic E-state index is -0.439. The molecule has 0 aromatic heterocycles. The molecular weight excluding hydrogens is 289 g/mol. The lowest BCUT2D eigenvalue weighted by molar-refractivity contribution is 0.233. The first-order chi connectivity index (χ1) is 8.05. The van der Waals surface area contributed by atoms with Gasteiger partial charge in [-0.1, -0.05) is 6.42 Å². The summed E-state index contributed by atoms with van der Waals surface area (Å²) in [6.45, 7) is 0.330. The van der Waals surface area contributed by atoms with Gasteiger partial charge in [0.15, 0.2) is 11.5 Å². The van der Waals surface area contributed by atoms with Crippen LogP contribution >= 0.6 is 15.9 Å². The summed E-state index contributed by atoms with van der Waals surface area (Å²) < 4.78 is 19.5. The van der Waals surface area contributed by atoms with Crippen LogP contribution in [0.4, 0.5) is 4.39 Å². The highest BCUT2D eigenvalue weighted by molar-refractivity contribution is 9.10. The first-order valence-corrected chi connectivity index (χ1v) is 6.30. The number of hydrogen-bond donors (Lipinski definition) is 2. The van der Waals surface area contributed by atoms with Gasteiger partial charge in [0.2, 0.25) is 0 Å². The molecule has 3 nitrogen and oxygen atoms in total. The lowest BCUT2D eigenvalue weighted by Gasteiger charge is -2.42. The fourth-order valence-corrected chi connectivity index (χ4v) is 2.80. The highest BCUT2D eigenvalue weighted by Crippen LogP contribution is 2.51. The molecule has 5 heteroatoms. The summed E-state index contributed by atoms with van der Waals surface area (Å²) in [5.41, 5.74) is 5.60. The molecule has 1 saturated carbocycles. The van der Waals surface area contributed by atoms with Crippen molar-refractivity contribution in [3.05, 3.63) is 21.9 Å². The smallest absolute Gasteiger partial charge is 0.164 e. The number of methoxy groups -OCH3 is 1. The Bertz CT molecular complexity index is 441. The summed E-state index contributed by atoms with van der Waals surface area (Å²) in [5, 5.41) is 10.1. The number of hydrogen-bond acceptors (Lipinski definition) is 3. The SMILES string of the molecule is COc1cc(Br)c(F)c(C2(CN)CCC2)c1O. The van der Waals surface area contributed by atoms with Crippen molar-refractivity contribution >= 4 is 15.9 Å². The van der Waals surface area contributed by atoms with Crippen LogP contribution in [-0.2, 0) is 5.41 Å². The number of halogens is 2. The third kappa shape index (κ3) is 1.81. The molecule has 1 fully saturated rings. The maximum Gasteiger partial charge on any atom is 0.164 e. The van der Waals surface area contributed by atoms with E-state index in [0.717, 1.165) is 19.3 Å². The summed E-state index contributed by atoms with van der Waals surface area (Å²) >= 11 is 3.14. The average molecular weight is 304 g/mol. The van der Waals surface area contributed by atoms with Crippen molar-refractivity contribution in [2.24, 2.45) is 5.73 Å². The average Bonchev–Trinajstić information content (AvgIpc) is 2.27. The molecule has 0 unspecified atom stereocenters. The molecule has 17 heavy (non-hydrogen) atoms. The third-order valence-corrected chi connectivity index (χ3v) is 4.19. The fourth-order valence-electron chi connectivity index (χ4n) is 2.39. The van der Waals surface area contributed by atoms with E-state index in [4.69, 9.17) is 10.5 Å². The lowest BCUT2D eigenvalue weighted by Crippen LogP contribution is -2.42. The Morgan fingerprint density at radius 3 is 2.65 bits per heavy atom. The quantitative estimate of drug-likeness (QED) is 0.902. The molecule has 0 saturated heterocycles. The molecule has 2 rings (SSSR count). The summed E-state index contributed by atoms with van der Waals surface area (Å²) in [6, 6.07) is 1.43. The molecule has 0 aliphatic heterocycles. The molecule has 1 aliphatic carbocycles. The van der Waals surface area contributed by atoms with Crippen LogP contribution in [-0.4, -0.2) is 18.8 Å². The molecular formula is C12H15BrFNO2. The number of benzene rings is 1. The van der Waals surface area contributed by atoms with Gasteiger partial charge in [-0.05, 0) is 28.8 Å². The van der Waals surface area contributed by atoms with Gasteiger partial charge in [0.1, 0.15) is 5.82 Å². The molecule has 0 spiro atoms. The number of rotatable bonds is 3. The first kappa shape index (κ1) is 12.6. The van der Waals surface area contributed by atoms with E-state index >= 15 is 0 Å². The van der Waals surface area contributed by atoms with Crippen molar-refractivity contribution in [1.29, 1.82) is 0 Å². The molecule has 1 aromatic rings. The molecule has 0 atom stereocenters. The summed E-state index contributed by atoms with van der Waals surface area (Å²) in [4.78, 5) is 0. The lowest BCUT2D eigenvalue weighted by atomic mass is 9.64. The molecule has 0 bridgehead atoms. The number of phenolic OH excluding ortho intramolecular Hbond substituents is 1. The van der Waals surface area contributed by atoms with E-state index in [1.54, 1.807) is 0 Å². The Labute approximate surface area is 108 Å². The molecule has 0 radical (unpaired) electrons. The van der Waals surface area contributed by atoms with Crippen molar-refractivity contribution in [2.75, 3.05) is 13.7 Å². The maximum absolute atomic E-state index is 14.2. The predicted molar refractivity (Wildman–Crippen MR) is 66.9 cm³/mol. The first-order valence-electron chi connectivity index (χ1n) is 5.51. The highest BCUT2D eigenvalue weighted by atomic mass is 79.9. The number of phenols is 1. The van der Waals surface area contributed by atoms with Crippen LogP contribution in [0.1, 0.15) is 24.8 Å². The molecule has 3 N–H and O–H groups in total. The monoisotopic (exact) mass is 303 g/mol. The van der Waals surface area contributed by atoms with Gasteiger partial charge in [0, 0.05) is 23.6 Å². The van der Waals surface area contributed by atoms with Crippen LogP contribution < -0.4 is 10.5 Å². The number of ether oxygens (including phenoxy) is 1. The van der Waals surface area contributed by atoms with Gasteiger partial charge in [-0.2, -0.15) is 0 Å². The van der Waals surface area contributed by atoms with E-state index in [1.165, 1.54) is 13.2 Å². The minimum Gasteiger partial charge on any atom is -0.504 e. The largest absolute Gasteiger partial charge is 0.504 e. The van der Waals surface area contributed by atoms with Crippen molar-refractivity contribution in [3.63, 3.8) is 0 Å². The normalized spacial score (nSPS) is 17.6. The van der Waals surface area contributed by atoms with Crippen molar-refractivity contribution in [1.82, 2.24) is 0 Å². The zero-order valence-corrected chi connectivity index (χ0v) is 11.2. The van der Waals surface area contributed by atoms with Crippen LogP contribution in [0.3, 0.4) is 0 Å². The van der Waals surface area contributed by atoms with Gasteiger partial charge in [0.25, 0.3) is 0 Å². The van der Waals surface area contributed by atoms with E-state index in [-0.39, 0.29) is 17.1 Å². The zero-order valence-electron chi connectivity index (χ0n) is 9.59. The Morgan fingerprint density at radius 1 is 1.59 bits per heavy atom. The Kier molecular flexibility index (Phi) is 3.32. The van der Waals surface area contributed by atoms with Crippen molar-refractivity contribution in [3.8, 4) is 11.5 Å². The van der Waals surface area contributed by atoms with Gasteiger partial charge in [-0.25, -0.2) is 4.39 Å². The standard InChI is InChI=1S/C12H15BrFNO2/c1-17-8-5-7(13)10(14)9(11(8)16)12(6-15)3-2-4-12/h5,16H,2-4,6,15H2,1H3. The van der Waals surface area contributed by atoms with E-state index in [2.05, 4.69) is 15.9 Å². The van der Waals surface area contributed by atoms with Crippen LogP contribution in [0.15, 0.2) is 10.5 Å². The van der Waals surface area contributed by atoms with Gasteiger partial charge >= 0.3 is 0 Å². The summed E-state index contributed by atoms with van der Waals surface area (Å²) in [7, 11) is 1.44. The summed E-state index contributed by atoms with van der Waals surface area (Å²) in [6.07, 6.45) is 2.60. The van der Waals surface area contributed by atoms with Crippen LogP contribution in [0.25, 0.3) is 0 Å². The van der Waals surface area contributed by atoms with Crippen LogP contribution in [0, 0.1) is 5.82 Å². The maximum atomic E-state index is 14.2. The molecule has 0 heterocycles. The fraction of sp³-hybridized carbons (Fsp3) is 0.500. The Hall–Kier alpha value is -0.810.